The van der Waals surface area contributed by atoms with E-state index in [1.54, 1.807) is 0 Å². The van der Waals surface area contributed by atoms with Crippen molar-refractivity contribution in [3.63, 3.8) is 0 Å². The fourth-order valence-electron chi connectivity index (χ4n) is 3.82. The SMILES string of the molecule is C=CC(C)C(C=C)CCC(=C)C[C@H](C)CC(=C)CC1C=C(C)C=CC1. The Balaban J connectivity index is 2.32. The summed E-state index contributed by atoms with van der Waals surface area (Å²) in [5.74, 6) is 2.27. The van der Waals surface area contributed by atoms with Gasteiger partial charge in [-0.15, -0.1) is 13.2 Å². The minimum atomic E-state index is 0.489. The molecule has 0 heterocycles. The highest BCUT2D eigenvalue weighted by Crippen LogP contribution is 2.29. The number of allylic oxidation sites excluding steroid dienone is 8. The van der Waals surface area contributed by atoms with Crippen molar-refractivity contribution >= 4 is 0 Å². The summed E-state index contributed by atoms with van der Waals surface area (Å²) in [5.41, 5.74) is 4.13. The Morgan fingerprint density at radius 1 is 1.16 bits per heavy atom. The molecule has 0 heteroatoms. The number of rotatable bonds is 12. The van der Waals surface area contributed by atoms with Gasteiger partial charge >= 0.3 is 0 Å². The molecule has 3 unspecified atom stereocenters. The minimum Gasteiger partial charge on any atom is -0.103 e. The van der Waals surface area contributed by atoms with Crippen LogP contribution in [0.2, 0.25) is 0 Å². The van der Waals surface area contributed by atoms with Crippen LogP contribution in [-0.2, 0) is 0 Å². The maximum Gasteiger partial charge on any atom is -0.0156 e. The molecule has 0 radical (unpaired) electrons. The lowest BCUT2D eigenvalue weighted by Gasteiger charge is -2.21. The van der Waals surface area contributed by atoms with E-state index in [1.807, 2.05) is 6.08 Å². The molecule has 0 aromatic rings. The molecular formula is C25H38. The fourth-order valence-corrected chi connectivity index (χ4v) is 3.82. The number of hydrogen-bond donors (Lipinski definition) is 0. The Morgan fingerprint density at radius 3 is 2.44 bits per heavy atom. The predicted molar refractivity (Wildman–Crippen MR) is 115 cm³/mol. The van der Waals surface area contributed by atoms with Crippen LogP contribution in [0.4, 0.5) is 0 Å². The van der Waals surface area contributed by atoms with Crippen molar-refractivity contribution in [3.05, 3.63) is 73.4 Å². The molecule has 0 nitrogen and oxygen atoms in total. The topological polar surface area (TPSA) is 0 Å². The van der Waals surface area contributed by atoms with E-state index in [1.165, 1.54) is 16.7 Å². The molecule has 138 valence electrons. The minimum absolute atomic E-state index is 0.489. The van der Waals surface area contributed by atoms with Gasteiger partial charge in [-0.25, -0.2) is 0 Å². The molecule has 4 atom stereocenters. The van der Waals surface area contributed by atoms with Gasteiger partial charge < -0.3 is 0 Å². The van der Waals surface area contributed by atoms with Crippen LogP contribution in [0.5, 0.6) is 0 Å². The smallest absolute Gasteiger partial charge is 0.0156 e. The molecule has 1 aliphatic rings. The zero-order valence-corrected chi connectivity index (χ0v) is 16.8. The highest BCUT2D eigenvalue weighted by molar-refractivity contribution is 5.22. The summed E-state index contributed by atoms with van der Waals surface area (Å²) in [6.07, 6.45) is 17.7. The van der Waals surface area contributed by atoms with Crippen LogP contribution < -0.4 is 0 Å². The van der Waals surface area contributed by atoms with Crippen LogP contribution in [0.15, 0.2) is 73.4 Å². The molecule has 0 amide bonds. The maximum absolute atomic E-state index is 4.34. The van der Waals surface area contributed by atoms with E-state index in [-0.39, 0.29) is 0 Å². The molecular weight excluding hydrogens is 300 g/mol. The monoisotopic (exact) mass is 338 g/mol. The van der Waals surface area contributed by atoms with E-state index < -0.39 is 0 Å². The van der Waals surface area contributed by atoms with Crippen molar-refractivity contribution in [3.8, 4) is 0 Å². The number of hydrogen-bond acceptors (Lipinski definition) is 0. The van der Waals surface area contributed by atoms with Gasteiger partial charge in [0.15, 0.2) is 0 Å². The van der Waals surface area contributed by atoms with E-state index in [9.17, 15) is 0 Å². The van der Waals surface area contributed by atoms with Gasteiger partial charge in [0.25, 0.3) is 0 Å². The quantitative estimate of drug-likeness (QED) is 0.318. The van der Waals surface area contributed by atoms with Crippen molar-refractivity contribution < 1.29 is 0 Å². The second-order valence-corrected chi connectivity index (χ2v) is 8.06. The third kappa shape index (κ3) is 8.38. The Kier molecular flexibility index (Phi) is 9.57. The van der Waals surface area contributed by atoms with Crippen molar-refractivity contribution in [2.45, 2.75) is 59.3 Å². The normalized spacial score (nSPS) is 20.3. The van der Waals surface area contributed by atoms with E-state index in [4.69, 9.17) is 0 Å². The lowest BCUT2D eigenvalue weighted by Crippen LogP contribution is -2.08. The highest BCUT2D eigenvalue weighted by atomic mass is 14.2. The predicted octanol–water partition coefficient (Wildman–Crippen LogP) is 7.83. The summed E-state index contributed by atoms with van der Waals surface area (Å²) in [7, 11) is 0. The van der Waals surface area contributed by atoms with Crippen LogP contribution in [0.1, 0.15) is 59.3 Å². The van der Waals surface area contributed by atoms with Gasteiger partial charge in [-0.05, 0) is 69.1 Å². The molecule has 0 aliphatic heterocycles. The molecule has 0 aromatic heterocycles. The first-order chi connectivity index (χ1) is 11.8. The summed E-state index contributed by atoms with van der Waals surface area (Å²) in [6.45, 7) is 23.2. The summed E-state index contributed by atoms with van der Waals surface area (Å²) in [6, 6.07) is 0. The fraction of sp³-hybridized carbons (Fsp3) is 0.520. The van der Waals surface area contributed by atoms with E-state index in [0.717, 1.165) is 38.5 Å². The van der Waals surface area contributed by atoms with Gasteiger partial charge in [0, 0.05) is 0 Å². The summed E-state index contributed by atoms with van der Waals surface area (Å²) in [5, 5.41) is 0. The average Bonchev–Trinajstić information content (AvgIpc) is 2.54. The maximum atomic E-state index is 4.34. The van der Waals surface area contributed by atoms with Crippen molar-refractivity contribution in [1.82, 2.24) is 0 Å². The molecule has 0 fully saturated rings. The summed E-state index contributed by atoms with van der Waals surface area (Å²) < 4.78 is 0. The van der Waals surface area contributed by atoms with Crippen LogP contribution in [0.25, 0.3) is 0 Å². The van der Waals surface area contributed by atoms with Crippen LogP contribution >= 0.6 is 0 Å². The van der Waals surface area contributed by atoms with Gasteiger partial charge in [-0.1, -0.05) is 74.1 Å². The first kappa shape index (κ1) is 21.5. The molecule has 0 aromatic carbocycles. The Hall–Kier alpha value is -1.56. The van der Waals surface area contributed by atoms with Crippen molar-refractivity contribution in [1.29, 1.82) is 0 Å². The standard InChI is InChI=1S/C25H38/c1-8-23(7)25(9-2)14-13-20(4)15-21(5)16-22(6)18-24-12-10-11-19(3)17-24/h8-11,17,21,23-25H,1-2,4,6,12-16,18H2,3,5,7H3/t21-,23?,24?,25?/m0/s1. The molecule has 25 heavy (non-hydrogen) atoms. The van der Waals surface area contributed by atoms with E-state index in [2.05, 4.69) is 71.4 Å². The molecule has 0 saturated carbocycles. The molecule has 1 aliphatic carbocycles. The zero-order chi connectivity index (χ0) is 18.8. The van der Waals surface area contributed by atoms with Crippen molar-refractivity contribution in [2.24, 2.45) is 23.7 Å². The average molecular weight is 339 g/mol. The molecule has 0 saturated heterocycles. The third-order valence-electron chi connectivity index (χ3n) is 5.32. The highest BCUT2D eigenvalue weighted by Gasteiger charge is 2.14. The third-order valence-corrected chi connectivity index (χ3v) is 5.32. The molecule has 1 rings (SSSR count). The van der Waals surface area contributed by atoms with Gasteiger partial charge in [-0.2, -0.15) is 0 Å². The van der Waals surface area contributed by atoms with Crippen molar-refractivity contribution in [2.75, 3.05) is 0 Å². The Labute approximate surface area is 156 Å². The van der Waals surface area contributed by atoms with Crippen LogP contribution in [0, 0.1) is 23.7 Å². The summed E-state index contributed by atoms with van der Waals surface area (Å²) >= 11 is 0. The second kappa shape index (κ2) is 11.1. The first-order valence-corrected chi connectivity index (χ1v) is 9.79. The van der Waals surface area contributed by atoms with E-state index >= 15 is 0 Å². The molecule has 0 spiro atoms. The molecule has 0 N–H and O–H groups in total. The van der Waals surface area contributed by atoms with Crippen LogP contribution in [-0.4, -0.2) is 0 Å². The zero-order valence-electron chi connectivity index (χ0n) is 16.8. The first-order valence-electron chi connectivity index (χ1n) is 9.79. The Bertz CT molecular complexity index is 528. The Morgan fingerprint density at radius 2 is 1.84 bits per heavy atom. The lowest BCUT2D eigenvalue weighted by molar-refractivity contribution is 0.464. The van der Waals surface area contributed by atoms with E-state index in [0.29, 0.717) is 23.7 Å². The molecule has 0 bridgehead atoms. The second-order valence-electron chi connectivity index (χ2n) is 8.06. The largest absolute Gasteiger partial charge is 0.103 e. The van der Waals surface area contributed by atoms with Gasteiger partial charge in [0.2, 0.25) is 0 Å². The van der Waals surface area contributed by atoms with Gasteiger partial charge in [-0.3, -0.25) is 0 Å². The lowest BCUT2D eigenvalue weighted by atomic mass is 9.85. The van der Waals surface area contributed by atoms with Gasteiger partial charge in [0.1, 0.15) is 0 Å². The van der Waals surface area contributed by atoms with Crippen LogP contribution in [0.3, 0.4) is 0 Å². The van der Waals surface area contributed by atoms with Gasteiger partial charge in [0.05, 0.1) is 0 Å². The summed E-state index contributed by atoms with van der Waals surface area (Å²) in [4.78, 5) is 0.